The van der Waals surface area contributed by atoms with Crippen molar-refractivity contribution < 1.29 is 23.5 Å². The summed E-state index contributed by atoms with van der Waals surface area (Å²) in [5, 5.41) is 0. The smallest absolute Gasteiger partial charge is 0.257 e. The Labute approximate surface area is 295 Å². The number of hydrogen-bond acceptors (Lipinski definition) is 10. The van der Waals surface area contributed by atoms with E-state index in [-0.39, 0.29) is 35.3 Å². The Morgan fingerprint density at radius 3 is 2.54 bits per heavy atom. The molecule has 13 heteroatoms. The molecule has 2 aromatic heterocycles. The van der Waals surface area contributed by atoms with Gasteiger partial charge in [-0.2, -0.15) is 0 Å². The lowest BCUT2D eigenvalue weighted by Gasteiger charge is -2.35. The Hall–Kier alpha value is -4.36. The van der Waals surface area contributed by atoms with Gasteiger partial charge in [-0.1, -0.05) is 0 Å². The molecule has 2 aliphatic heterocycles. The van der Waals surface area contributed by atoms with Gasteiger partial charge in [-0.3, -0.25) is 24.4 Å². The molecular weight excluding hydrogens is 639 g/mol. The molecule has 1 fully saturated rings. The number of likely N-dealkylation sites (N-methyl/N-ethyl adjacent to an activating group) is 2. The number of rotatable bonds is 14. The first-order valence-electron chi connectivity index (χ1n) is 17.6. The van der Waals surface area contributed by atoms with Crippen LogP contribution in [-0.2, 0) is 17.8 Å². The van der Waals surface area contributed by atoms with Gasteiger partial charge in [-0.15, -0.1) is 0 Å². The quantitative estimate of drug-likeness (QED) is 0.240. The van der Waals surface area contributed by atoms with Crippen LogP contribution in [0.4, 0.5) is 10.2 Å². The number of amides is 2. The number of carbonyl (C=O) groups excluding carboxylic acids is 2. The van der Waals surface area contributed by atoms with E-state index in [1.807, 2.05) is 40.1 Å². The fourth-order valence-corrected chi connectivity index (χ4v) is 6.54. The zero-order valence-electron chi connectivity index (χ0n) is 30.3. The molecule has 0 unspecified atom stereocenters. The summed E-state index contributed by atoms with van der Waals surface area (Å²) in [6.07, 6.45) is 8.35. The molecule has 1 aromatic carbocycles. The van der Waals surface area contributed by atoms with E-state index in [0.717, 1.165) is 68.9 Å². The number of aromatic nitrogens is 3. The molecule has 50 heavy (non-hydrogen) atoms. The maximum atomic E-state index is 14.3. The first-order valence-corrected chi connectivity index (χ1v) is 17.6. The van der Waals surface area contributed by atoms with Crippen molar-refractivity contribution in [3.8, 4) is 17.2 Å². The molecule has 12 nitrogen and oxygen atoms in total. The largest absolute Gasteiger partial charge is 0.490 e. The Kier molecular flexibility index (Phi) is 12.6. The molecule has 0 N–H and O–H groups in total. The first kappa shape index (κ1) is 36.9. The maximum absolute atomic E-state index is 14.3. The van der Waals surface area contributed by atoms with E-state index in [1.54, 1.807) is 30.1 Å². The zero-order valence-corrected chi connectivity index (χ0v) is 30.3. The third-order valence-corrected chi connectivity index (χ3v) is 9.38. The average Bonchev–Trinajstić information content (AvgIpc) is 3.10. The second-order valence-electron chi connectivity index (χ2n) is 13.6. The van der Waals surface area contributed by atoms with Crippen LogP contribution in [0.25, 0.3) is 0 Å². The summed E-state index contributed by atoms with van der Waals surface area (Å²) in [7, 11) is 5.56. The Bertz CT molecular complexity index is 1610. The van der Waals surface area contributed by atoms with Crippen LogP contribution in [0.5, 0.6) is 17.2 Å². The van der Waals surface area contributed by atoms with Crippen LogP contribution < -0.4 is 14.4 Å². The molecule has 2 amide bonds. The molecular formula is C37H51FN8O4. The second-order valence-corrected chi connectivity index (χ2v) is 13.6. The van der Waals surface area contributed by atoms with Crippen LogP contribution in [0.3, 0.4) is 0 Å². The summed E-state index contributed by atoms with van der Waals surface area (Å²) in [5.41, 5.74) is 2.42. The number of piperidine rings is 1. The fourth-order valence-electron chi connectivity index (χ4n) is 6.54. The number of benzene rings is 1. The van der Waals surface area contributed by atoms with Crippen LogP contribution in [0.15, 0.2) is 43.0 Å². The van der Waals surface area contributed by atoms with Crippen molar-refractivity contribution in [1.82, 2.24) is 34.6 Å². The van der Waals surface area contributed by atoms with Gasteiger partial charge in [0.2, 0.25) is 5.91 Å². The highest BCUT2D eigenvalue weighted by molar-refractivity contribution is 5.97. The number of pyridine rings is 1. The molecule has 0 saturated carbocycles. The number of hydrogen-bond donors (Lipinski definition) is 0. The summed E-state index contributed by atoms with van der Waals surface area (Å²) < 4.78 is 27.2. The lowest BCUT2D eigenvalue weighted by atomic mass is 10.0. The van der Waals surface area contributed by atoms with E-state index in [9.17, 15) is 14.0 Å². The highest BCUT2D eigenvalue weighted by Crippen LogP contribution is 2.35. The van der Waals surface area contributed by atoms with E-state index in [0.29, 0.717) is 37.7 Å². The summed E-state index contributed by atoms with van der Waals surface area (Å²) in [5.74, 6) is 1.48. The molecule has 2 aliphatic rings. The van der Waals surface area contributed by atoms with Gasteiger partial charge in [0.25, 0.3) is 5.91 Å². The first-order chi connectivity index (χ1) is 24.0. The van der Waals surface area contributed by atoms with Gasteiger partial charge in [-0.05, 0) is 71.6 Å². The van der Waals surface area contributed by atoms with Gasteiger partial charge in [-0.25, -0.2) is 14.4 Å². The predicted molar refractivity (Wildman–Crippen MR) is 190 cm³/mol. The third kappa shape index (κ3) is 9.25. The van der Waals surface area contributed by atoms with Crippen LogP contribution in [0.2, 0.25) is 0 Å². The van der Waals surface area contributed by atoms with Crippen LogP contribution in [0, 0.1) is 5.82 Å². The average molecular weight is 691 g/mol. The lowest BCUT2D eigenvalue weighted by molar-refractivity contribution is -0.129. The van der Waals surface area contributed by atoms with E-state index >= 15 is 0 Å². The van der Waals surface area contributed by atoms with Crippen LogP contribution >= 0.6 is 0 Å². The monoisotopic (exact) mass is 690 g/mol. The Balaban J connectivity index is 1.19. The van der Waals surface area contributed by atoms with E-state index in [2.05, 4.69) is 29.7 Å². The molecule has 0 radical (unpaired) electrons. The molecule has 0 atom stereocenters. The molecule has 0 aliphatic carbocycles. The van der Waals surface area contributed by atoms with Gasteiger partial charge < -0.3 is 24.2 Å². The molecule has 5 rings (SSSR count). The molecule has 3 aromatic rings. The summed E-state index contributed by atoms with van der Waals surface area (Å²) >= 11 is 0. The number of anilines is 1. The second kappa shape index (κ2) is 17.0. The number of ether oxygens (including phenoxy) is 2. The minimum Gasteiger partial charge on any atom is -0.490 e. The Morgan fingerprint density at radius 1 is 1.04 bits per heavy atom. The summed E-state index contributed by atoms with van der Waals surface area (Å²) in [4.78, 5) is 48.8. The minimum atomic E-state index is -0.506. The SMILES string of the molecule is CCN(C(=O)c1cc(F)ccc1Oc1cncnc1N1CCC(Oc2ccnc3c2CN(CCCN(C)CC(=O)N(C)C)CC3)CC1)C(C)C. The standard InChI is InChI=1S/C37H51FN8O4/c1-7-46(26(2)3)37(48)29-21-27(38)9-10-32(29)50-34-22-39-25-41-36(34)45-19-12-28(13-20-45)49-33-11-15-40-31-14-18-44(23-30(31)33)17-8-16-43(6)24-35(47)42(4)5/h9-11,15,21-22,25-26,28H,7-8,12-14,16-20,23-24H2,1-6H3. The highest BCUT2D eigenvalue weighted by Gasteiger charge is 2.28. The summed E-state index contributed by atoms with van der Waals surface area (Å²) in [6, 6.07) is 5.92. The van der Waals surface area contributed by atoms with Crippen molar-refractivity contribution in [1.29, 1.82) is 0 Å². The van der Waals surface area contributed by atoms with E-state index in [4.69, 9.17) is 9.47 Å². The molecule has 1 saturated heterocycles. The summed E-state index contributed by atoms with van der Waals surface area (Å²) in [6.45, 7) is 11.6. The van der Waals surface area contributed by atoms with E-state index < -0.39 is 5.82 Å². The maximum Gasteiger partial charge on any atom is 0.257 e. The topological polar surface area (TPSA) is 107 Å². The number of halogens is 1. The minimum absolute atomic E-state index is 0.0274. The van der Waals surface area contributed by atoms with Crippen molar-refractivity contribution in [2.24, 2.45) is 0 Å². The van der Waals surface area contributed by atoms with Crippen molar-refractivity contribution in [2.45, 2.75) is 65.1 Å². The Morgan fingerprint density at radius 2 is 1.82 bits per heavy atom. The van der Waals surface area contributed by atoms with Crippen LogP contribution in [0.1, 0.15) is 61.6 Å². The highest BCUT2D eigenvalue weighted by atomic mass is 19.1. The van der Waals surface area contributed by atoms with Gasteiger partial charge in [0.15, 0.2) is 11.6 Å². The van der Waals surface area contributed by atoms with Crippen LogP contribution in [-0.4, -0.2) is 125 Å². The fraction of sp³-hybridized carbons (Fsp3) is 0.541. The lowest BCUT2D eigenvalue weighted by Crippen LogP contribution is -2.39. The van der Waals surface area contributed by atoms with Crippen molar-refractivity contribution in [3.05, 3.63) is 65.6 Å². The zero-order chi connectivity index (χ0) is 35.8. The molecule has 270 valence electrons. The van der Waals surface area contributed by atoms with Gasteiger partial charge >= 0.3 is 0 Å². The van der Waals surface area contributed by atoms with Gasteiger partial charge in [0.05, 0.1) is 18.3 Å². The normalized spacial score (nSPS) is 15.3. The molecule has 0 spiro atoms. The van der Waals surface area contributed by atoms with Crippen molar-refractivity contribution >= 4 is 17.6 Å². The van der Waals surface area contributed by atoms with Gasteiger partial charge in [0.1, 0.15) is 29.7 Å². The van der Waals surface area contributed by atoms with Crippen molar-refractivity contribution in [2.75, 3.05) is 71.9 Å². The number of carbonyl (C=O) groups is 2. The predicted octanol–water partition coefficient (Wildman–Crippen LogP) is 4.49. The number of nitrogens with zero attached hydrogens (tertiary/aromatic N) is 8. The van der Waals surface area contributed by atoms with Gasteiger partial charge in [0, 0.05) is 89.6 Å². The van der Waals surface area contributed by atoms with E-state index in [1.165, 1.54) is 24.5 Å². The number of fused-ring (bicyclic) bond motifs is 1. The third-order valence-electron chi connectivity index (χ3n) is 9.38. The molecule has 4 heterocycles. The van der Waals surface area contributed by atoms with Crippen molar-refractivity contribution in [3.63, 3.8) is 0 Å². The molecule has 0 bridgehead atoms.